The number of benzene rings is 1. The lowest BCUT2D eigenvalue weighted by atomic mass is 9.51. The van der Waals surface area contributed by atoms with Gasteiger partial charge in [-0.3, -0.25) is 28.9 Å². The van der Waals surface area contributed by atoms with Crippen LogP contribution in [0, 0.1) is 23.7 Å². The van der Waals surface area contributed by atoms with Crippen LogP contribution >= 0.6 is 0 Å². The van der Waals surface area contributed by atoms with Crippen LogP contribution in [0.15, 0.2) is 30.9 Å². The number of esters is 1. The van der Waals surface area contributed by atoms with Crippen LogP contribution in [0.4, 0.5) is 0 Å². The highest BCUT2D eigenvalue weighted by atomic mass is 16.5. The minimum Gasteiger partial charge on any atom is -0.507 e. The molecule has 3 aliphatic rings. The predicted molar refractivity (Wildman–Crippen MR) is 117 cm³/mol. The average molecular weight is 484 g/mol. The molecule has 0 saturated heterocycles. The molecule has 4 N–H and O–H groups in total. The molecular weight excluding hydrogens is 460 g/mol. The number of hydrogen-bond donors (Lipinski definition) is 3. The van der Waals surface area contributed by atoms with Gasteiger partial charge in [0.25, 0.3) is 0 Å². The van der Waals surface area contributed by atoms with Gasteiger partial charge in [-0.2, -0.15) is 0 Å². The van der Waals surface area contributed by atoms with E-state index in [1.165, 1.54) is 31.1 Å². The zero-order valence-corrected chi connectivity index (χ0v) is 19.0. The van der Waals surface area contributed by atoms with Crippen molar-refractivity contribution in [2.24, 2.45) is 29.4 Å². The molecule has 0 aromatic heterocycles. The van der Waals surface area contributed by atoms with Crippen LogP contribution in [0.3, 0.4) is 0 Å². The molecule has 0 heterocycles. The third kappa shape index (κ3) is 3.26. The van der Waals surface area contributed by atoms with Crippen molar-refractivity contribution < 1.29 is 43.7 Å². The number of ketones is 4. The lowest BCUT2D eigenvalue weighted by Gasteiger charge is -2.55. The molecule has 3 aliphatic carbocycles. The summed E-state index contributed by atoms with van der Waals surface area (Å²) in [5.74, 6) is -13.7. The first-order valence-electron chi connectivity index (χ1n) is 10.9. The van der Waals surface area contributed by atoms with E-state index in [2.05, 4.69) is 6.58 Å². The third-order valence-electron chi connectivity index (χ3n) is 7.27. The molecule has 2 fully saturated rings. The quantitative estimate of drug-likeness (QED) is 0.260. The van der Waals surface area contributed by atoms with Crippen molar-refractivity contribution in [1.82, 2.24) is 4.90 Å². The van der Waals surface area contributed by atoms with Gasteiger partial charge >= 0.3 is 5.97 Å². The predicted octanol–water partition coefficient (Wildman–Crippen LogP) is -1.43. The van der Waals surface area contributed by atoms with E-state index in [9.17, 15) is 39.0 Å². The summed E-state index contributed by atoms with van der Waals surface area (Å²) in [5, 5.41) is 22.0. The number of Topliss-reactive ketones (excluding diaryl/α,β-unsaturated/α-hetero) is 4. The number of likely N-dealkylation sites (N-methyl/N-ethyl adjacent to an activating group) is 1. The maximum absolute atomic E-state index is 13.8. The van der Waals surface area contributed by atoms with Gasteiger partial charge in [-0.15, -0.1) is 0 Å². The third-order valence-corrected chi connectivity index (χ3v) is 7.27. The summed E-state index contributed by atoms with van der Waals surface area (Å²) >= 11 is 0. The van der Waals surface area contributed by atoms with E-state index in [4.69, 9.17) is 10.5 Å². The number of ether oxygens (including phenoxy) is 1. The van der Waals surface area contributed by atoms with Crippen molar-refractivity contribution in [2.75, 3.05) is 14.1 Å². The SMILES string of the molecule is C=CC(=O)O[C@H]1[C@@H]2[C@@H](N(C)C)C(=O)C(C(N)=O)C(=O)[C@]2(O)C(=O)C2C(=O)c3c(O)cccc3C[C@@H]21. The van der Waals surface area contributed by atoms with Gasteiger partial charge in [-0.05, 0) is 32.1 Å². The topological polar surface area (TPSA) is 181 Å². The largest absolute Gasteiger partial charge is 0.507 e. The number of hydrogen-bond acceptors (Lipinski definition) is 10. The van der Waals surface area contributed by atoms with Crippen LogP contribution in [0.2, 0.25) is 0 Å². The van der Waals surface area contributed by atoms with Crippen molar-refractivity contribution in [2.45, 2.75) is 24.2 Å². The summed E-state index contributed by atoms with van der Waals surface area (Å²) in [6, 6.07) is 2.89. The minimum absolute atomic E-state index is 0.0324. The van der Waals surface area contributed by atoms with Crippen molar-refractivity contribution in [3.05, 3.63) is 42.0 Å². The molecule has 7 atom stereocenters. The average Bonchev–Trinajstić information content (AvgIpc) is 2.77. The molecular formula is C24H24N2O9. The molecule has 11 heteroatoms. The molecule has 1 aromatic carbocycles. The van der Waals surface area contributed by atoms with Crippen molar-refractivity contribution in [3.63, 3.8) is 0 Å². The highest BCUT2D eigenvalue weighted by Gasteiger charge is 2.73. The number of phenols is 1. The van der Waals surface area contributed by atoms with Crippen LogP contribution in [-0.2, 0) is 35.1 Å². The fourth-order valence-electron chi connectivity index (χ4n) is 5.87. The zero-order valence-electron chi connectivity index (χ0n) is 19.0. The first kappa shape index (κ1) is 24.4. The lowest BCUT2D eigenvalue weighted by molar-refractivity contribution is -0.202. The van der Waals surface area contributed by atoms with Gasteiger partial charge in [0, 0.05) is 12.0 Å². The molecule has 11 nitrogen and oxygen atoms in total. The van der Waals surface area contributed by atoms with Gasteiger partial charge < -0.3 is 20.7 Å². The Labute approximate surface area is 199 Å². The molecule has 0 bridgehead atoms. The first-order chi connectivity index (χ1) is 16.4. The van der Waals surface area contributed by atoms with E-state index in [0.717, 1.165) is 6.08 Å². The van der Waals surface area contributed by atoms with Gasteiger partial charge in [-0.25, -0.2) is 4.79 Å². The Morgan fingerprint density at radius 3 is 2.43 bits per heavy atom. The Hall–Kier alpha value is -3.70. The van der Waals surface area contributed by atoms with E-state index in [1.807, 2.05) is 0 Å². The highest BCUT2D eigenvalue weighted by Crippen LogP contribution is 2.51. The number of rotatable bonds is 4. The smallest absolute Gasteiger partial charge is 0.330 e. The van der Waals surface area contributed by atoms with Crippen molar-refractivity contribution in [1.29, 1.82) is 0 Å². The number of carbonyl (C=O) groups is 6. The number of amides is 1. The summed E-state index contributed by atoms with van der Waals surface area (Å²) < 4.78 is 5.53. The van der Waals surface area contributed by atoms with Gasteiger partial charge in [0.2, 0.25) is 5.91 Å². The second-order valence-corrected chi connectivity index (χ2v) is 9.29. The first-order valence-corrected chi connectivity index (χ1v) is 10.9. The van der Waals surface area contributed by atoms with Crippen molar-refractivity contribution in [3.8, 4) is 5.75 Å². The molecule has 0 aliphatic heterocycles. The fourth-order valence-corrected chi connectivity index (χ4v) is 5.87. The Morgan fingerprint density at radius 2 is 1.86 bits per heavy atom. The lowest BCUT2D eigenvalue weighted by Crippen LogP contribution is -2.78. The van der Waals surface area contributed by atoms with Crippen LogP contribution in [-0.4, -0.2) is 82.0 Å². The number of aliphatic hydroxyl groups is 1. The number of nitrogens with zero attached hydrogens (tertiary/aromatic N) is 1. The molecule has 4 rings (SSSR count). The van der Waals surface area contributed by atoms with Gasteiger partial charge in [-0.1, -0.05) is 18.7 Å². The van der Waals surface area contributed by atoms with E-state index in [0.29, 0.717) is 5.56 Å². The fraction of sp³-hybridized carbons (Fsp3) is 0.417. The number of nitrogens with two attached hydrogens (primary N) is 1. The summed E-state index contributed by atoms with van der Waals surface area (Å²) in [6.45, 7) is 3.34. The van der Waals surface area contributed by atoms with E-state index in [-0.39, 0.29) is 17.7 Å². The number of aromatic hydroxyl groups is 1. The molecule has 1 amide bonds. The summed E-state index contributed by atoms with van der Waals surface area (Å²) in [5.41, 5.74) is 2.49. The molecule has 0 spiro atoms. The molecule has 35 heavy (non-hydrogen) atoms. The minimum atomic E-state index is -3.03. The summed E-state index contributed by atoms with van der Waals surface area (Å²) in [4.78, 5) is 79.6. The second kappa shape index (κ2) is 8.21. The normalized spacial score (nSPS) is 34.1. The van der Waals surface area contributed by atoms with Gasteiger partial charge in [0.15, 0.2) is 34.7 Å². The van der Waals surface area contributed by atoms with E-state index >= 15 is 0 Å². The Balaban J connectivity index is 1.99. The van der Waals surface area contributed by atoms with Gasteiger partial charge in [0.1, 0.15) is 11.9 Å². The molecule has 1 aromatic rings. The Kier molecular flexibility index (Phi) is 5.73. The maximum Gasteiger partial charge on any atom is 0.330 e. The van der Waals surface area contributed by atoms with Gasteiger partial charge in [0.05, 0.1) is 23.4 Å². The Morgan fingerprint density at radius 1 is 1.20 bits per heavy atom. The molecule has 2 saturated carbocycles. The van der Waals surface area contributed by atoms with E-state index < -0.39 is 76.4 Å². The standard InChI is InChI=1S/C24H24N2O9/c1-4-12(28)35-20-10-8-9-6-5-7-11(27)13(9)18(29)14(10)21(31)24(34)16(20)17(26(2)3)19(30)15(22(24)32)23(25)33/h4-7,10,14-17,20,27,34H,1,8H2,2-3H3,(H2,25,33)/t10-,14?,15?,16-,17+,20+,24+/m0/s1. The zero-order chi connectivity index (χ0) is 26.0. The monoisotopic (exact) mass is 484 g/mol. The second-order valence-electron chi connectivity index (χ2n) is 9.29. The molecule has 0 radical (unpaired) electrons. The molecule has 184 valence electrons. The Bertz CT molecular complexity index is 1210. The molecule has 2 unspecified atom stereocenters. The highest BCUT2D eigenvalue weighted by molar-refractivity contribution is 6.32. The van der Waals surface area contributed by atoms with E-state index in [1.54, 1.807) is 6.07 Å². The van der Waals surface area contributed by atoms with Crippen LogP contribution in [0.1, 0.15) is 15.9 Å². The number of phenolic OH excluding ortho intramolecular Hbond substituents is 1. The number of primary amides is 1. The van der Waals surface area contributed by atoms with Crippen LogP contribution < -0.4 is 5.73 Å². The van der Waals surface area contributed by atoms with Crippen molar-refractivity contribution >= 4 is 35.0 Å². The summed E-state index contributed by atoms with van der Waals surface area (Å²) in [6.07, 6.45) is -0.671. The number of fused-ring (bicyclic) bond motifs is 3. The summed E-state index contributed by atoms with van der Waals surface area (Å²) in [7, 11) is 2.86. The maximum atomic E-state index is 13.8. The van der Waals surface area contributed by atoms with Crippen LogP contribution in [0.5, 0.6) is 5.75 Å². The number of carbonyl (C=O) groups excluding carboxylic acids is 6. The van der Waals surface area contributed by atoms with Crippen LogP contribution in [0.25, 0.3) is 0 Å².